The Kier molecular flexibility index (Phi) is 4.29. The van der Waals surface area contributed by atoms with E-state index in [4.69, 9.17) is 4.18 Å². The molecule has 1 aromatic carbocycles. The maximum absolute atomic E-state index is 11.0. The molecule has 0 aromatic heterocycles. The molecule has 1 rings (SSSR count). The maximum atomic E-state index is 11.0. The van der Waals surface area contributed by atoms with Gasteiger partial charge in [-0.25, -0.2) is 0 Å². The van der Waals surface area contributed by atoms with Gasteiger partial charge >= 0.3 is 0 Å². The molecule has 0 aliphatic carbocycles. The van der Waals surface area contributed by atoms with Crippen LogP contribution in [0.4, 0.5) is 0 Å². The second-order valence-corrected chi connectivity index (χ2v) is 6.83. The van der Waals surface area contributed by atoms with Gasteiger partial charge < -0.3 is 4.79 Å². The van der Waals surface area contributed by atoms with Gasteiger partial charge in [0.15, 0.2) is 12.4 Å². The van der Waals surface area contributed by atoms with Crippen LogP contribution < -0.4 is 0 Å². The quantitative estimate of drug-likeness (QED) is 0.621. The van der Waals surface area contributed by atoms with Crippen LogP contribution >= 0.6 is 0 Å². The lowest BCUT2D eigenvalue weighted by Gasteiger charge is -2.19. The summed E-state index contributed by atoms with van der Waals surface area (Å²) in [5, 5.41) is 0. The summed E-state index contributed by atoms with van der Waals surface area (Å²) in [6.45, 7) is 6.23. The van der Waals surface area contributed by atoms with Gasteiger partial charge in [-0.3, -0.25) is 4.18 Å². The molecular weight excluding hydrogens is 252 g/mol. The summed E-state index contributed by atoms with van der Waals surface area (Å²) in [6, 6.07) is 7.17. The molecule has 0 radical (unpaired) electrons. The predicted molar refractivity (Wildman–Crippen MR) is 69.9 cm³/mol. The summed E-state index contributed by atoms with van der Waals surface area (Å²) in [5.41, 5.74) is 1.64. The third kappa shape index (κ3) is 4.23. The fourth-order valence-electron chi connectivity index (χ4n) is 1.52. The molecule has 0 fully saturated rings. The van der Waals surface area contributed by atoms with E-state index in [2.05, 4.69) is 20.8 Å². The molecule has 0 saturated carbocycles. The largest absolute Gasteiger partial charge is 0.300 e. The van der Waals surface area contributed by atoms with Crippen LogP contribution in [0.2, 0.25) is 0 Å². The summed E-state index contributed by atoms with van der Waals surface area (Å²) in [7, 11) is -3.65. The van der Waals surface area contributed by atoms with Crippen molar-refractivity contribution < 1.29 is 17.4 Å². The molecule has 0 spiro atoms. The minimum atomic E-state index is -3.65. The van der Waals surface area contributed by atoms with Crippen molar-refractivity contribution >= 4 is 16.4 Å². The minimum absolute atomic E-state index is 0.00684. The van der Waals surface area contributed by atoms with Crippen LogP contribution in [0.1, 0.15) is 38.0 Å². The van der Waals surface area contributed by atoms with Crippen molar-refractivity contribution in [2.24, 2.45) is 0 Å². The van der Waals surface area contributed by atoms with E-state index in [1.807, 2.05) is 12.1 Å². The molecule has 0 N–H and O–H groups in total. The van der Waals surface area contributed by atoms with Crippen LogP contribution in [0, 0.1) is 0 Å². The Hall–Kier alpha value is -1.20. The highest BCUT2D eigenvalue weighted by atomic mass is 32.2. The SMILES string of the molecule is CC(C)(C)c1ccc(C(C=O)OS(C)(=O)=O)cc1. The molecule has 1 aromatic rings. The van der Waals surface area contributed by atoms with Gasteiger partial charge in [-0.1, -0.05) is 45.0 Å². The lowest BCUT2D eigenvalue weighted by molar-refractivity contribution is -0.113. The van der Waals surface area contributed by atoms with Gasteiger partial charge in [0.1, 0.15) is 0 Å². The zero-order chi connectivity index (χ0) is 14.0. The van der Waals surface area contributed by atoms with E-state index in [0.717, 1.165) is 11.8 Å². The molecule has 0 saturated heterocycles. The topological polar surface area (TPSA) is 60.4 Å². The molecule has 0 amide bonds. The first-order chi connectivity index (χ1) is 8.13. The van der Waals surface area contributed by atoms with Crippen molar-refractivity contribution in [2.75, 3.05) is 6.26 Å². The molecular formula is C13H18O4S. The molecule has 0 aliphatic heterocycles. The Morgan fingerprint density at radius 3 is 2.00 bits per heavy atom. The minimum Gasteiger partial charge on any atom is -0.300 e. The monoisotopic (exact) mass is 270 g/mol. The number of carbonyl (C=O) groups excluding carboxylic acids is 1. The van der Waals surface area contributed by atoms with Crippen molar-refractivity contribution in [2.45, 2.75) is 32.3 Å². The molecule has 0 bridgehead atoms. The highest BCUT2D eigenvalue weighted by Gasteiger charge is 2.18. The van der Waals surface area contributed by atoms with Crippen LogP contribution in [-0.4, -0.2) is 21.0 Å². The normalized spacial score (nSPS) is 14.2. The molecule has 1 atom stereocenters. The number of rotatable bonds is 4. The maximum Gasteiger partial charge on any atom is 0.265 e. The van der Waals surface area contributed by atoms with Crippen LogP contribution in [0.25, 0.3) is 0 Å². The van der Waals surface area contributed by atoms with E-state index in [1.165, 1.54) is 0 Å². The lowest BCUT2D eigenvalue weighted by Crippen LogP contribution is -2.13. The zero-order valence-electron chi connectivity index (χ0n) is 11.0. The number of hydrogen-bond acceptors (Lipinski definition) is 4. The van der Waals surface area contributed by atoms with Gasteiger partial charge in [-0.2, -0.15) is 8.42 Å². The van der Waals surface area contributed by atoms with E-state index in [1.54, 1.807) is 12.1 Å². The Bertz CT molecular complexity index is 509. The first-order valence-electron chi connectivity index (χ1n) is 5.57. The Labute approximate surface area is 108 Å². The van der Waals surface area contributed by atoms with Crippen LogP contribution in [0.5, 0.6) is 0 Å². The van der Waals surface area contributed by atoms with E-state index in [9.17, 15) is 13.2 Å². The second-order valence-electron chi connectivity index (χ2n) is 5.23. The van der Waals surface area contributed by atoms with Gasteiger partial charge in [0.2, 0.25) is 0 Å². The molecule has 0 heterocycles. The number of aldehydes is 1. The Morgan fingerprint density at radius 1 is 1.17 bits per heavy atom. The third-order valence-corrected chi connectivity index (χ3v) is 3.06. The summed E-state index contributed by atoms with van der Waals surface area (Å²) in [5.74, 6) is 0. The van der Waals surface area contributed by atoms with Crippen LogP contribution in [-0.2, 0) is 24.5 Å². The number of benzene rings is 1. The summed E-state index contributed by atoms with van der Waals surface area (Å²) < 4.78 is 26.7. The number of carbonyl (C=O) groups is 1. The first kappa shape index (κ1) is 14.9. The molecule has 100 valence electrons. The van der Waals surface area contributed by atoms with Crippen LogP contribution in [0.15, 0.2) is 24.3 Å². The van der Waals surface area contributed by atoms with Gasteiger partial charge in [-0.15, -0.1) is 0 Å². The standard InChI is InChI=1S/C13H18O4S/c1-13(2,3)11-7-5-10(6-8-11)12(9-14)17-18(4,15)16/h5-9,12H,1-4H3. The molecule has 18 heavy (non-hydrogen) atoms. The van der Waals surface area contributed by atoms with E-state index >= 15 is 0 Å². The zero-order valence-corrected chi connectivity index (χ0v) is 11.8. The highest BCUT2D eigenvalue weighted by molar-refractivity contribution is 7.86. The summed E-state index contributed by atoms with van der Waals surface area (Å²) in [6.07, 6.45) is 0.328. The molecule has 4 nitrogen and oxygen atoms in total. The van der Waals surface area contributed by atoms with E-state index in [0.29, 0.717) is 11.8 Å². The average Bonchev–Trinajstić information content (AvgIpc) is 2.24. The number of hydrogen-bond donors (Lipinski definition) is 0. The predicted octanol–water partition coefficient (Wildman–Crippen LogP) is 2.20. The Morgan fingerprint density at radius 2 is 1.67 bits per heavy atom. The van der Waals surface area contributed by atoms with Crippen LogP contribution in [0.3, 0.4) is 0 Å². The smallest absolute Gasteiger partial charge is 0.265 e. The summed E-state index contributed by atoms with van der Waals surface area (Å²) >= 11 is 0. The lowest BCUT2D eigenvalue weighted by atomic mass is 9.86. The molecule has 5 heteroatoms. The van der Waals surface area contributed by atoms with Gasteiger partial charge in [0.05, 0.1) is 6.26 Å². The highest BCUT2D eigenvalue weighted by Crippen LogP contribution is 2.25. The van der Waals surface area contributed by atoms with Crippen molar-refractivity contribution in [1.29, 1.82) is 0 Å². The van der Waals surface area contributed by atoms with Crippen molar-refractivity contribution in [3.63, 3.8) is 0 Å². The Balaban J connectivity index is 2.99. The van der Waals surface area contributed by atoms with Crippen molar-refractivity contribution in [3.8, 4) is 0 Å². The van der Waals surface area contributed by atoms with E-state index < -0.39 is 16.2 Å². The van der Waals surface area contributed by atoms with Gasteiger partial charge in [0.25, 0.3) is 10.1 Å². The van der Waals surface area contributed by atoms with Gasteiger partial charge in [0, 0.05) is 0 Å². The van der Waals surface area contributed by atoms with Crippen molar-refractivity contribution in [3.05, 3.63) is 35.4 Å². The van der Waals surface area contributed by atoms with Crippen molar-refractivity contribution in [1.82, 2.24) is 0 Å². The third-order valence-electron chi connectivity index (χ3n) is 2.51. The second kappa shape index (κ2) is 5.20. The van der Waals surface area contributed by atoms with Gasteiger partial charge in [-0.05, 0) is 16.5 Å². The fraction of sp³-hybridized carbons (Fsp3) is 0.462. The van der Waals surface area contributed by atoms with E-state index in [-0.39, 0.29) is 5.41 Å². The molecule has 1 unspecified atom stereocenters. The average molecular weight is 270 g/mol. The first-order valence-corrected chi connectivity index (χ1v) is 7.39. The fourth-order valence-corrected chi connectivity index (χ4v) is 2.05. The molecule has 0 aliphatic rings. The summed E-state index contributed by atoms with van der Waals surface area (Å²) in [4.78, 5) is 10.9.